The summed E-state index contributed by atoms with van der Waals surface area (Å²) >= 11 is 3.03. The molecule has 0 radical (unpaired) electrons. The van der Waals surface area contributed by atoms with Crippen molar-refractivity contribution in [2.75, 3.05) is 0 Å². The van der Waals surface area contributed by atoms with E-state index in [1.807, 2.05) is 11.4 Å². The quantitative estimate of drug-likeness (QED) is 0.389. The molecule has 0 spiro atoms. The summed E-state index contributed by atoms with van der Waals surface area (Å²) in [5.41, 5.74) is 3.17. The van der Waals surface area contributed by atoms with Gasteiger partial charge in [0.05, 0.1) is 4.88 Å². The number of hydrogen-bond acceptors (Lipinski definition) is 6. The molecule has 1 aliphatic rings. The number of hydrazine groups is 1. The van der Waals surface area contributed by atoms with Crippen molar-refractivity contribution in [2.24, 2.45) is 5.84 Å². The topological polar surface area (TPSA) is 85.8 Å². The van der Waals surface area contributed by atoms with Crippen LogP contribution < -0.4 is 11.3 Å². The maximum absolute atomic E-state index is 11.7. The molecule has 112 valence electrons. The normalized spacial score (nSPS) is 14.5. The number of hydrogen-bond donors (Lipinski definition) is 2. The van der Waals surface area contributed by atoms with E-state index in [2.05, 4.69) is 20.2 Å². The van der Waals surface area contributed by atoms with Crippen molar-refractivity contribution >= 4 is 29.0 Å². The molecule has 0 fully saturated rings. The fourth-order valence-electron chi connectivity index (χ4n) is 2.42. The molecular formula is C13H17N5OS2. The van der Waals surface area contributed by atoms with Crippen LogP contribution in [0.2, 0.25) is 0 Å². The lowest BCUT2D eigenvalue weighted by Crippen LogP contribution is -2.29. The fourth-order valence-corrected chi connectivity index (χ4v) is 4.32. The summed E-state index contributed by atoms with van der Waals surface area (Å²) in [6.45, 7) is 0.991. The Balaban J connectivity index is 1.72. The van der Waals surface area contributed by atoms with Gasteiger partial charge in [0.25, 0.3) is 5.91 Å². The molecule has 2 aromatic rings. The van der Waals surface area contributed by atoms with Gasteiger partial charge in [-0.1, -0.05) is 18.2 Å². The van der Waals surface area contributed by atoms with Gasteiger partial charge in [-0.05, 0) is 29.9 Å². The predicted molar refractivity (Wildman–Crippen MR) is 83.1 cm³/mol. The Morgan fingerprint density at radius 2 is 2.33 bits per heavy atom. The molecule has 0 aromatic carbocycles. The van der Waals surface area contributed by atoms with Crippen molar-refractivity contribution in [3.63, 3.8) is 0 Å². The molecule has 0 atom stereocenters. The van der Waals surface area contributed by atoms with Crippen LogP contribution in [0.25, 0.3) is 0 Å². The van der Waals surface area contributed by atoms with Crippen LogP contribution in [0, 0.1) is 0 Å². The highest BCUT2D eigenvalue weighted by atomic mass is 32.2. The molecule has 0 bridgehead atoms. The van der Waals surface area contributed by atoms with Crippen molar-refractivity contribution < 1.29 is 4.79 Å². The van der Waals surface area contributed by atoms with Crippen LogP contribution in [0.4, 0.5) is 0 Å². The third kappa shape index (κ3) is 3.12. The molecule has 1 amide bonds. The van der Waals surface area contributed by atoms with Crippen molar-refractivity contribution in [1.29, 1.82) is 0 Å². The Hall–Kier alpha value is -1.38. The number of thiophene rings is 1. The minimum absolute atomic E-state index is 0.235. The third-order valence-electron chi connectivity index (χ3n) is 3.52. The zero-order valence-corrected chi connectivity index (χ0v) is 13.2. The summed E-state index contributed by atoms with van der Waals surface area (Å²) in [6, 6.07) is 1.96. The molecule has 0 unspecified atom stereocenters. The van der Waals surface area contributed by atoms with Crippen LogP contribution in [0.5, 0.6) is 0 Å². The second-order valence-corrected chi connectivity index (χ2v) is 6.76. The maximum Gasteiger partial charge on any atom is 0.275 e. The number of amides is 1. The first-order valence-electron chi connectivity index (χ1n) is 6.92. The number of thioether (sulfide) groups is 1. The Bertz CT molecular complexity index is 636. The van der Waals surface area contributed by atoms with E-state index in [0.29, 0.717) is 10.6 Å². The van der Waals surface area contributed by atoms with Crippen LogP contribution in [0.1, 0.15) is 40.3 Å². The summed E-state index contributed by atoms with van der Waals surface area (Å²) in [6.07, 6.45) is 4.62. The number of nitrogens with zero attached hydrogens (tertiary/aromatic N) is 3. The first-order chi connectivity index (χ1) is 10.3. The highest BCUT2D eigenvalue weighted by Crippen LogP contribution is 2.28. The number of carbonyl (C=O) groups excluding carboxylic acids is 1. The van der Waals surface area contributed by atoms with Gasteiger partial charge in [-0.25, -0.2) is 5.84 Å². The van der Waals surface area contributed by atoms with Crippen LogP contribution in [-0.4, -0.2) is 20.7 Å². The van der Waals surface area contributed by atoms with E-state index in [9.17, 15) is 4.79 Å². The molecule has 0 saturated heterocycles. The van der Waals surface area contributed by atoms with Gasteiger partial charge < -0.3 is 4.57 Å². The summed E-state index contributed by atoms with van der Waals surface area (Å²) in [5, 5.41) is 11.4. The predicted octanol–water partition coefficient (Wildman–Crippen LogP) is 1.96. The molecule has 3 heterocycles. The number of nitrogen functional groups attached to an aromatic ring is 1. The van der Waals surface area contributed by atoms with Crippen molar-refractivity contribution in [3.8, 4) is 0 Å². The zero-order valence-electron chi connectivity index (χ0n) is 11.5. The Labute approximate surface area is 131 Å². The number of carbonyl (C=O) groups is 1. The second-order valence-electron chi connectivity index (χ2n) is 4.90. The fraction of sp³-hybridized carbons (Fsp3) is 0.462. The van der Waals surface area contributed by atoms with E-state index in [4.69, 9.17) is 5.84 Å². The van der Waals surface area contributed by atoms with E-state index in [1.54, 1.807) is 11.8 Å². The molecule has 21 heavy (non-hydrogen) atoms. The van der Waals surface area contributed by atoms with E-state index >= 15 is 0 Å². The van der Waals surface area contributed by atoms with Crippen LogP contribution in [-0.2, 0) is 18.7 Å². The van der Waals surface area contributed by atoms with Gasteiger partial charge in [0.1, 0.15) is 5.82 Å². The number of nitrogens with one attached hydrogen (secondary N) is 1. The average Bonchev–Trinajstić information content (AvgIpc) is 3.05. The number of aromatic nitrogens is 3. The van der Waals surface area contributed by atoms with E-state index in [-0.39, 0.29) is 5.91 Å². The molecule has 0 saturated carbocycles. The van der Waals surface area contributed by atoms with Crippen LogP contribution in [0.3, 0.4) is 0 Å². The first-order valence-corrected chi connectivity index (χ1v) is 8.78. The molecule has 1 aliphatic heterocycles. The molecule has 8 heteroatoms. The Morgan fingerprint density at radius 3 is 3.19 bits per heavy atom. The van der Waals surface area contributed by atoms with Gasteiger partial charge in [0, 0.05) is 18.7 Å². The molecule has 0 aliphatic carbocycles. The molecule has 6 nitrogen and oxygen atoms in total. The van der Waals surface area contributed by atoms with Crippen molar-refractivity contribution in [3.05, 3.63) is 27.7 Å². The van der Waals surface area contributed by atoms with Gasteiger partial charge in [0.15, 0.2) is 5.16 Å². The van der Waals surface area contributed by atoms with Gasteiger partial charge >= 0.3 is 0 Å². The number of rotatable bonds is 4. The molecular weight excluding hydrogens is 306 g/mol. The lowest BCUT2D eigenvalue weighted by Gasteiger charge is -2.06. The van der Waals surface area contributed by atoms with E-state index in [1.165, 1.54) is 30.6 Å². The summed E-state index contributed by atoms with van der Waals surface area (Å²) in [5.74, 6) is 6.75. The SMILES string of the molecule is NNC(=O)c1sccc1CSc1nnc2n1CCCCC2. The molecule has 3 N–H and O–H groups in total. The van der Waals surface area contributed by atoms with E-state index in [0.717, 1.165) is 29.5 Å². The zero-order chi connectivity index (χ0) is 14.7. The maximum atomic E-state index is 11.7. The van der Waals surface area contributed by atoms with Gasteiger partial charge in [-0.2, -0.15) is 0 Å². The lowest BCUT2D eigenvalue weighted by molar-refractivity contribution is 0.0957. The molecule has 3 rings (SSSR count). The highest BCUT2D eigenvalue weighted by molar-refractivity contribution is 7.98. The highest BCUT2D eigenvalue weighted by Gasteiger charge is 2.17. The summed E-state index contributed by atoms with van der Waals surface area (Å²) < 4.78 is 2.21. The number of nitrogens with two attached hydrogens (primary N) is 1. The molecule has 2 aromatic heterocycles. The standard InChI is InChI=1S/C13H17N5OS2/c14-15-12(19)11-9(5-7-20-11)8-21-13-17-16-10-4-2-1-3-6-18(10)13/h5,7H,1-4,6,8,14H2,(H,15,19). The smallest absolute Gasteiger partial charge is 0.275 e. The largest absolute Gasteiger partial charge is 0.306 e. The van der Waals surface area contributed by atoms with E-state index < -0.39 is 0 Å². The van der Waals surface area contributed by atoms with Crippen LogP contribution >= 0.6 is 23.1 Å². The van der Waals surface area contributed by atoms with Gasteiger partial charge in [-0.3, -0.25) is 10.2 Å². The van der Waals surface area contributed by atoms with Gasteiger partial charge in [-0.15, -0.1) is 21.5 Å². The summed E-state index contributed by atoms with van der Waals surface area (Å²) in [7, 11) is 0. The number of aryl methyl sites for hydroxylation is 1. The van der Waals surface area contributed by atoms with Crippen molar-refractivity contribution in [2.45, 2.75) is 43.1 Å². The monoisotopic (exact) mass is 323 g/mol. The third-order valence-corrected chi connectivity index (χ3v) is 5.49. The van der Waals surface area contributed by atoms with Gasteiger partial charge in [0.2, 0.25) is 0 Å². The minimum Gasteiger partial charge on any atom is -0.306 e. The summed E-state index contributed by atoms with van der Waals surface area (Å²) in [4.78, 5) is 12.3. The number of fused-ring (bicyclic) bond motifs is 1. The van der Waals surface area contributed by atoms with Crippen molar-refractivity contribution in [1.82, 2.24) is 20.2 Å². The average molecular weight is 323 g/mol. The van der Waals surface area contributed by atoms with Crippen LogP contribution in [0.15, 0.2) is 16.6 Å². The Kier molecular flexibility index (Phi) is 4.57. The second kappa shape index (κ2) is 6.59. The first kappa shape index (κ1) is 14.6. The minimum atomic E-state index is -0.235. The Morgan fingerprint density at radius 1 is 1.43 bits per heavy atom. The lowest BCUT2D eigenvalue weighted by atomic mass is 10.2.